The van der Waals surface area contributed by atoms with E-state index >= 15 is 0 Å². The highest BCUT2D eigenvalue weighted by atomic mass is 35.5. The number of rotatable bonds is 2. The summed E-state index contributed by atoms with van der Waals surface area (Å²) in [6, 6.07) is 0. The molecule has 0 amide bonds. The van der Waals surface area contributed by atoms with Gasteiger partial charge in [-0.3, -0.25) is 0 Å². The van der Waals surface area contributed by atoms with E-state index in [1.54, 1.807) is 0 Å². The van der Waals surface area contributed by atoms with Crippen molar-refractivity contribution in [2.24, 2.45) is 0 Å². The Bertz CT molecular complexity index is 304. The third-order valence-corrected chi connectivity index (χ3v) is 7.77. The van der Waals surface area contributed by atoms with Crippen molar-refractivity contribution in [1.29, 1.82) is 0 Å². The average Bonchev–Trinajstić information content (AvgIpc) is 1.58. The van der Waals surface area contributed by atoms with Crippen molar-refractivity contribution in [1.82, 2.24) is 0 Å². The molecule has 0 bridgehead atoms. The van der Waals surface area contributed by atoms with Gasteiger partial charge >= 0.3 is 3.00 Å². The van der Waals surface area contributed by atoms with E-state index in [4.69, 9.17) is 23.2 Å². The second-order valence-corrected chi connectivity index (χ2v) is 8.80. The summed E-state index contributed by atoms with van der Waals surface area (Å²) >= 11 is 10.2. The quantitative estimate of drug-likeness (QED) is 0.646. The molecule has 4 nitrogen and oxygen atoms in total. The molecule has 0 N–H and O–H groups in total. The Labute approximate surface area is 75.3 Å². The predicted octanol–water partition coefficient (Wildman–Crippen LogP) is 0.165. The fraction of sp³-hybridized carbons (Fsp3) is 1.00. The number of hydrogen-bond acceptors (Lipinski definition) is 4. The summed E-state index contributed by atoms with van der Waals surface area (Å²) in [5.74, 6) is 0. The van der Waals surface area contributed by atoms with E-state index in [2.05, 4.69) is 0 Å². The Hall–Kier alpha value is 0.480. The van der Waals surface area contributed by atoms with Crippen molar-refractivity contribution in [2.75, 3.05) is 12.5 Å². The molecule has 11 heavy (non-hydrogen) atoms. The molecule has 0 saturated carbocycles. The molecular weight excluding hydrogens is 235 g/mol. The van der Waals surface area contributed by atoms with Crippen LogP contribution in [0.15, 0.2) is 0 Å². The van der Waals surface area contributed by atoms with Crippen molar-refractivity contribution >= 4 is 42.9 Å². The van der Waals surface area contributed by atoms with Crippen LogP contribution in [0.4, 0.5) is 0 Å². The Morgan fingerprint density at radius 3 is 1.09 bits per heavy atom. The van der Waals surface area contributed by atoms with E-state index < -0.39 is 22.7 Å². The highest BCUT2D eigenvalue weighted by molar-refractivity contribution is 8.13. The number of halogens is 2. The molecule has 0 rings (SSSR count). The first-order valence-corrected chi connectivity index (χ1v) is 6.81. The molecule has 0 aromatic heterocycles. The molecular formula is C3H6Cl2O4S2. The highest BCUT2D eigenvalue weighted by Gasteiger charge is 2.47. The second kappa shape index (κ2) is 2.76. The van der Waals surface area contributed by atoms with Gasteiger partial charge in [0.05, 0.1) is 0 Å². The number of sulfone groups is 2. The first-order chi connectivity index (χ1) is 4.50. The van der Waals surface area contributed by atoms with Gasteiger partial charge in [0.1, 0.15) is 0 Å². The SMILES string of the molecule is CS(=O)(=O)C(Cl)(Cl)S(C)(=O)=O. The Balaban J connectivity index is 5.45. The van der Waals surface area contributed by atoms with Gasteiger partial charge in [-0.1, -0.05) is 23.2 Å². The van der Waals surface area contributed by atoms with Crippen LogP contribution in [0.2, 0.25) is 0 Å². The van der Waals surface area contributed by atoms with E-state index in [9.17, 15) is 16.8 Å². The van der Waals surface area contributed by atoms with E-state index in [0.717, 1.165) is 0 Å². The summed E-state index contributed by atoms with van der Waals surface area (Å²) in [7, 11) is -8.03. The summed E-state index contributed by atoms with van der Waals surface area (Å²) in [4.78, 5) is 0. The molecule has 0 fully saturated rings. The van der Waals surface area contributed by atoms with Crippen LogP contribution in [-0.2, 0) is 19.7 Å². The Kier molecular flexibility index (Phi) is 2.88. The first-order valence-electron chi connectivity index (χ1n) is 2.27. The van der Waals surface area contributed by atoms with Crippen LogP contribution in [-0.4, -0.2) is 32.3 Å². The van der Waals surface area contributed by atoms with Crippen molar-refractivity contribution in [3.8, 4) is 0 Å². The van der Waals surface area contributed by atoms with Gasteiger partial charge in [-0.15, -0.1) is 0 Å². The maximum atomic E-state index is 10.7. The second-order valence-electron chi connectivity index (χ2n) is 2.01. The lowest BCUT2D eigenvalue weighted by Crippen LogP contribution is -2.33. The van der Waals surface area contributed by atoms with Crippen LogP contribution in [0.3, 0.4) is 0 Å². The lowest BCUT2D eigenvalue weighted by molar-refractivity contribution is 0.588. The fourth-order valence-corrected chi connectivity index (χ4v) is 2.47. The minimum Gasteiger partial charge on any atom is -0.225 e. The summed E-state index contributed by atoms with van der Waals surface area (Å²) in [5.41, 5.74) is 0. The summed E-state index contributed by atoms with van der Waals surface area (Å²) in [6.45, 7) is 0. The fourth-order valence-electron chi connectivity index (χ4n) is 0.275. The van der Waals surface area contributed by atoms with Gasteiger partial charge in [0.15, 0.2) is 19.7 Å². The average molecular weight is 241 g/mol. The predicted molar refractivity (Wildman–Crippen MR) is 44.1 cm³/mol. The number of alkyl halides is 2. The largest absolute Gasteiger partial charge is 0.317 e. The summed E-state index contributed by atoms with van der Waals surface area (Å²) < 4.78 is 39.9. The van der Waals surface area contributed by atoms with E-state index in [-0.39, 0.29) is 0 Å². The van der Waals surface area contributed by atoms with Crippen molar-refractivity contribution < 1.29 is 16.8 Å². The topological polar surface area (TPSA) is 68.3 Å². The lowest BCUT2D eigenvalue weighted by atomic mass is 11.8. The first kappa shape index (κ1) is 11.5. The zero-order valence-electron chi connectivity index (χ0n) is 5.71. The van der Waals surface area contributed by atoms with Gasteiger partial charge in [-0.2, -0.15) is 0 Å². The van der Waals surface area contributed by atoms with Gasteiger partial charge in [-0.05, 0) is 0 Å². The molecule has 0 unspecified atom stereocenters. The molecule has 0 saturated heterocycles. The van der Waals surface area contributed by atoms with Crippen LogP contribution in [0.1, 0.15) is 0 Å². The van der Waals surface area contributed by atoms with E-state index in [1.807, 2.05) is 0 Å². The van der Waals surface area contributed by atoms with Gasteiger partial charge in [0.25, 0.3) is 0 Å². The standard InChI is InChI=1S/C3H6Cl2O4S2/c1-10(6,7)3(4,5)11(2,8)9/h1-2H3. The normalized spacial score (nSPS) is 14.9. The van der Waals surface area contributed by atoms with E-state index in [1.165, 1.54) is 0 Å². The van der Waals surface area contributed by atoms with Gasteiger partial charge in [0, 0.05) is 12.5 Å². The summed E-state index contributed by atoms with van der Waals surface area (Å²) in [6.07, 6.45) is 1.29. The van der Waals surface area contributed by atoms with Crippen LogP contribution >= 0.6 is 23.2 Å². The molecule has 0 atom stereocenters. The maximum Gasteiger partial charge on any atom is 0.317 e. The molecule has 68 valence electrons. The minimum absolute atomic E-state index is 0.647. The van der Waals surface area contributed by atoms with Gasteiger partial charge in [0.2, 0.25) is 0 Å². The third kappa shape index (κ3) is 2.21. The minimum atomic E-state index is -4.02. The molecule has 0 aliphatic carbocycles. The number of hydrogen-bond donors (Lipinski definition) is 0. The molecule has 0 aliphatic heterocycles. The zero-order chi connectivity index (χ0) is 9.50. The zero-order valence-corrected chi connectivity index (χ0v) is 8.85. The van der Waals surface area contributed by atoms with E-state index in [0.29, 0.717) is 12.5 Å². The third-order valence-electron chi connectivity index (χ3n) is 0.863. The van der Waals surface area contributed by atoms with Crippen LogP contribution < -0.4 is 0 Å². The molecule has 0 aromatic carbocycles. The lowest BCUT2D eigenvalue weighted by Gasteiger charge is -2.13. The van der Waals surface area contributed by atoms with Crippen LogP contribution in [0, 0.1) is 0 Å². The van der Waals surface area contributed by atoms with Crippen LogP contribution in [0.25, 0.3) is 0 Å². The molecule has 0 heterocycles. The summed E-state index contributed by atoms with van der Waals surface area (Å²) in [5, 5.41) is 0. The monoisotopic (exact) mass is 240 g/mol. The van der Waals surface area contributed by atoms with Crippen LogP contribution in [0.5, 0.6) is 0 Å². The van der Waals surface area contributed by atoms with Gasteiger partial charge < -0.3 is 0 Å². The van der Waals surface area contributed by atoms with Crippen molar-refractivity contribution in [3.63, 3.8) is 0 Å². The molecule has 0 radical (unpaired) electrons. The molecule has 0 aliphatic rings. The van der Waals surface area contributed by atoms with Crippen molar-refractivity contribution in [3.05, 3.63) is 0 Å². The van der Waals surface area contributed by atoms with Gasteiger partial charge in [-0.25, -0.2) is 16.8 Å². The Morgan fingerprint density at radius 1 is 0.909 bits per heavy atom. The smallest absolute Gasteiger partial charge is 0.225 e. The molecule has 0 aromatic rings. The van der Waals surface area contributed by atoms with Crippen molar-refractivity contribution in [2.45, 2.75) is 3.00 Å². The maximum absolute atomic E-state index is 10.7. The highest BCUT2D eigenvalue weighted by Crippen LogP contribution is 2.32. The molecule has 0 spiro atoms. The Morgan fingerprint density at radius 2 is 1.09 bits per heavy atom. The molecule has 8 heteroatoms.